The number of methoxy groups -OCH3 is 1. The number of benzene rings is 2. The van der Waals surface area contributed by atoms with Gasteiger partial charge in [-0.25, -0.2) is 0 Å². The van der Waals surface area contributed by atoms with Crippen LogP contribution in [0.3, 0.4) is 0 Å². The molecule has 3 rings (SSSR count). The van der Waals surface area contributed by atoms with Gasteiger partial charge in [-0.05, 0) is 47.2 Å². The Bertz CT molecular complexity index is 646. The zero-order chi connectivity index (χ0) is 14.1. The Morgan fingerprint density at radius 2 is 2.10 bits per heavy atom. The highest BCUT2D eigenvalue weighted by Crippen LogP contribution is 2.44. The molecule has 1 unspecified atom stereocenters. The van der Waals surface area contributed by atoms with Crippen LogP contribution in [0.25, 0.3) is 10.8 Å². The Morgan fingerprint density at radius 3 is 2.75 bits per heavy atom. The fourth-order valence-electron chi connectivity index (χ4n) is 2.87. The van der Waals surface area contributed by atoms with Crippen LogP contribution in [0.15, 0.2) is 36.4 Å². The third kappa shape index (κ3) is 2.24. The van der Waals surface area contributed by atoms with Gasteiger partial charge in [0.05, 0.1) is 13.0 Å². The molecule has 1 fully saturated rings. The summed E-state index contributed by atoms with van der Waals surface area (Å²) >= 11 is 0. The number of nitrogens with one attached hydrogen (secondary N) is 1. The predicted octanol–water partition coefficient (Wildman–Crippen LogP) is 3.09. The van der Waals surface area contributed by atoms with Gasteiger partial charge in [0.2, 0.25) is 5.91 Å². The van der Waals surface area contributed by atoms with E-state index in [-0.39, 0.29) is 11.8 Å². The van der Waals surface area contributed by atoms with Crippen LogP contribution in [0.4, 0.5) is 0 Å². The fraction of sp³-hybridized carbons (Fsp3) is 0.353. The summed E-state index contributed by atoms with van der Waals surface area (Å²) in [5.74, 6) is 1.38. The lowest BCUT2D eigenvalue weighted by Crippen LogP contribution is -2.27. The minimum atomic E-state index is -0.0455. The minimum absolute atomic E-state index is 0.0455. The summed E-state index contributed by atoms with van der Waals surface area (Å²) in [5.41, 5.74) is 1.11. The molecule has 1 aliphatic rings. The second-order valence-corrected chi connectivity index (χ2v) is 5.36. The average Bonchev–Trinajstić information content (AvgIpc) is 3.31. The zero-order valence-corrected chi connectivity index (χ0v) is 11.8. The number of ether oxygens (including phenoxy) is 1. The molecule has 0 aliphatic heterocycles. The summed E-state index contributed by atoms with van der Waals surface area (Å²) in [6, 6.07) is 12.2. The molecular formula is C17H19NO2. The van der Waals surface area contributed by atoms with Gasteiger partial charge in [0.15, 0.2) is 0 Å². The maximum absolute atomic E-state index is 12.2. The molecule has 3 nitrogen and oxygen atoms in total. The van der Waals surface area contributed by atoms with Gasteiger partial charge in [-0.1, -0.05) is 24.3 Å². The molecule has 0 saturated heterocycles. The van der Waals surface area contributed by atoms with E-state index in [2.05, 4.69) is 17.4 Å². The number of hydrogen-bond donors (Lipinski definition) is 1. The van der Waals surface area contributed by atoms with Crippen molar-refractivity contribution >= 4 is 16.7 Å². The zero-order valence-electron chi connectivity index (χ0n) is 11.8. The quantitative estimate of drug-likeness (QED) is 0.926. The third-order valence-corrected chi connectivity index (χ3v) is 4.08. The lowest BCUT2D eigenvalue weighted by atomic mass is 9.89. The molecule has 1 atom stereocenters. The second-order valence-electron chi connectivity index (χ2n) is 5.36. The van der Waals surface area contributed by atoms with Gasteiger partial charge in [-0.15, -0.1) is 0 Å². The number of hydrogen-bond acceptors (Lipinski definition) is 2. The van der Waals surface area contributed by atoms with Crippen molar-refractivity contribution in [2.45, 2.75) is 18.8 Å². The maximum Gasteiger partial charge on any atom is 0.227 e. The highest BCUT2D eigenvalue weighted by molar-refractivity contribution is 5.94. The molecular weight excluding hydrogens is 250 g/mol. The highest BCUT2D eigenvalue weighted by Gasteiger charge is 2.37. The second kappa shape index (κ2) is 5.16. The van der Waals surface area contributed by atoms with Crippen molar-refractivity contribution in [1.29, 1.82) is 0 Å². The number of likely N-dealkylation sites (N-methyl/N-ethyl adjacent to an activating group) is 1. The molecule has 2 aromatic carbocycles. The van der Waals surface area contributed by atoms with Crippen molar-refractivity contribution in [2.24, 2.45) is 5.92 Å². The van der Waals surface area contributed by atoms with Crippen LogP contribution in [0, 0.1) is 5.92 Å². The predicted molar refractivity (Wildman–Crippen MR) is 80.0 cm³/mol. The summed E-state index contributed by atoms with van der Waals surface area (Å²) in [6.07, 6.45) is 2.27. The standard InChI is InChI=1S/C17H19NO2/c1-18-17(19)16(12-6-7-12)14-5-3-4-11-8-9-13(20-2)10-15(11)14/h3-5,8-10,12,16H,6-7H2,1-2H3,(H,18,19). The van der Waals surface area contributed by atoms with Crippen molar-refractivity contribution in [2.75, 3.05) is 14.2 Å². The molecule has 0 aromatic heterocycles. The molecule has 1 amide bonds. The van der Waals surface area contributed by atoms with E-state index in [4.69, 9.17) is 4.74 Å². The van der Waals surface area contributed by atoms with Gasteiger partial charge in [-0.2, -0.15) is 0 Å². The first-order valence-electron chi connectivity index (χ1n) is 7.03. The Morgan fingerprint density at radius 1 is 1.30 bits per heavy atom. The van der Waals surface area contributed by atoms with Crippen LogP contribution in [-0.2, 0) is 4.79 Å². The molecule has 3 heteroatoms. The summed E-state index contributed by atoms with van der Waals surface area (Å²) < 4.78 is 5.32. The lowest BCUT2D eigenvalue weighted by Gasteiger charge is -2.18. The van der Waals surface area contributed by atoms with E-state index >= 15 is 0 Å². The van der Waals surface area contributed by atoms with E-state index in [0.717, 1.165) is 34.9 Å². The Kier molecular flexibility index (Phi) is 3.35. The van der Waals surface area contributed by atoms with Crippen LogP contribution in [-0.4, -0.2) is 20.1 Å². The minimum Gasteiger partial charge on any atom is -0.497 e. The molecule has 0 spiro atoms. The first kappa shape index (κ1) is 13.0. The molecule has 20 heavy (non-hydrogen) atoms. The first-order chi connectivity index (χ1) is 9.74. The van der Waals surface area contributed by atoms with E-state index in [1.807, 2.05) is 24.3 Å². The van der Waals surface area contributed by atoms with E-state index < -0.39 is 0 Å². The van der Waals surface area contributed by atoms with Crippen LogP contribution >= 0.6 is 0 Å². The van der Waals surface area contributed by atoms with Crippen LogP contribution in [0.5, 0.6) is 5.75 Å². The molecule has 0 bridgehead atoms. The summed E-state index contributed by atoms with van der Waals surface area (Å²) in [7, 11) is 3.38. The largest absolute Gasteiger partial charge is 0.497 e. The van der Waals surface area contributed by atoms with E-state index in [1.54, 1.807) is 14.2 Å². The van der Waals surface area contributed by atoms with Crippen molar-refractivity contribution in [3.63, 3.8) is 0 Å². The van der Waals surface area contributed by atoms with Gasteiger partial charge in [0.25, 0.3) is 0 Å². The fourth-order valence-corrected chi connectivity index (χ4v) is 2.87. The smallest absolute Gasteiger partial charge is 0.227 e. The van der Waals surface area contributed by atoms with Crippen LogP contribution in [0.2, 0.25) is 0 Å². The Balaban J connectivity index is 2.15. The Hall–Kier alpha value is -2.03. The van der Waals surface area contributed by atoms with Crippen molar-refractivity contribution in [3.05, 3.63) is 42.0 Å². The normalized spacial score (nSPS) is 15.9. The van der Waals surface area contributed by atoms with Gasteiger partial charge in [-0.3, -0.25) is 4.79 Å². The Labute approximate surface area is 118 Å². The third-order valence-electron chi connectivity index (χ3n) is 4.08. The summed E-state index contributed by atoms with van der Waals surface area (Å²) in [5, 5.41) is 5.08. The molecule has 1 saturated carbocycles. The number of carbonyl (C=O) groups excluding carboxylic acids is 1. The topological polar surface area (TPSA) is 38.3 Å². The highest BCUT2D eigenvalue weighted by atomic mass is 16.5. The molecule has 2 aromatic rings. The SMILES string of the molecule is CNC(=O)C(c1cccc2ccc(OC)cc12)C1CC1. The molecule has 1 aliphatic carbocycles. The average molecular weight is 269 g/mol. The van der Waals surface area contributed by atoms with E-state index in [9.17, 15) is 4.79 Å². The van der Waals surface area contributed by atoms with Crippen molar-refractivity contribution < 1.29 is 9.53 Å². The van der Waals surface area contributed by atoms with Crippen molar-refractivity contribution in [1.82, 2.24) is 5.32 Å². The van der Waals surface area contributed by atoms with E-state index in [1.165, 1.54) is 0 Å². The molecule has 0 radical (unpaired) electrons. The molecule has 1 N–H and O–H groups in total. The monoisotopic (exact) mass is 269 g/mol. The van der Waals surface area contributed by atoms with Gasteiger partial charge < -0.3 is 10.1 Å². The maximum atomic E-state index is 12.2. The lowest BCUT2D eigenvalue weighted by molar-refractivity contribution is -0.122. The number of amides is 1. The van der Waals surface area contributed by atoms with Gasteiger partial charge in [0, 0.05) is 7.05 Å². The van der Waals surface area contributed by atoms with Gasteiger partial charge in [0.1, 0.15) is 5.75 Å². The summed E-state index contributed by atoms with van der Waals surface area (Å²) in [6.45, 7) is 0. The van der Waals surface area contributed by atoms with E-state index in [0.29, 0.717) is 5.92 Å². The molecule has 104 valence electrons. The van der Waals surface area contributed by atoms with Crippen LogP contribution in [0.1, 0.15) is 24.3 Å². The number of rotatable bonds is 4. The first-order valence-corrected chi connectivity index (χ1v) is 7.03. The number of carbonyl (C=O) groups is 1. The summed E-state index contributed by atoms with van der Waals surface area (Å²) in [4.78, 5) is 12.2. The van der Waals surface area contributed by atoms with Crippen molar-refractivity contribution in [3.8, 4) is 5.75 Å². The van der Waals surface area contributed by atoms with Gasteiger partial charge >= 0.3 is 0 Å². The number of fused-ring (bicyclic) bond motifs is 1. The molecule has 0 heterocycles. The van der Waals surface area contributed by atoms with Crippen LogP contribution < -0.4 is 10.1 Å².